The van der Waals surface area contributed by atoms with E-state index in [0.29, 0.717) is 15.8 Å². The third-order valence-corrected chi connectivity index (χ3v) is 3.47. The predicted octanol–water partition coefficient (Wildman–Crippen LogP) is 4.68. The van der Waals surface area contributed by atoms with Crippen LogP contribution >= 0.6 is 23.2 Å². The van der Waals surface area contributed by atoms with Crippen LogP contribution in [0.3, 0.4) is 0 Å². The topological polar surface area (TPSA) is 18.5 Å². The molecule has 0 spiro atoms. The Bertz CT molecular complexity index is 568. The van der Waals surface area contributed by atoms with E-state index >= 15 is 0 Å². The van der Waals surface area contributed by atoms with Gasteiger partial charge in [-0.05, 0) is 18.2 Å². The highest BCUT2D eigenvalue weighted by Crippen LogP contribution is 2.39. The molecule has 0 atom stereocenters. The van der Waals surface area contributed by atoms with Crippen LogP contribution in [0.1, 0.15) is 0 Å². The molecule has 0 fully saturated rings. The molecule has 0 bridgehead atoms. The van der Waals surface area contributed by atoms with Crippen LogP contribution in [0.4, 0.5) is 0 Å². The molecule has 2 rings (SSSR count). The lowest BCUT2D eigenvalue weighted by atomic mass is 10.0. The van der Waals surface area contributed by atoms with Crippen molar-refractivity contribution < 1.29 is 9.47 Å². The Morgan fingerprint density at radius 2 is 1.67 bits per heavy atom. The van der Waals surface area contributed by atoms with Crippen molar-refractivity contribution in [2.24, 2.45) is 0 Å². The predicted molar refractivity (Wildman–Crippen MR) is 75.0 cm³/mol. The quantitative estimate of drug-likeness (QED) is 0.814. The van der Waals surface area contributed by atoms with Gasteiger partial charge in [0.1, 0.15) is 11.5 Å². The minimum Gasteiger partial charge on any atom is -0.497 e. The summed E-state index contributed by atoms with van der Waals surface area (Å²) in [4.78, 5) is 0. The van der Waals surface area contributed by atoms with E-state index in [-0.39, 0.29) is 0 Å². The second kappa shape index (κ2) is 5.51. The van der Waals surface area contributed by atoms with E-state index in [1.807, 2.05) is 30.3 Å². The summed E-state index contributed by atoms with van der Waals surface area (Å²) < 4.78 is 10.5. The first-order valence-corrected chi connectivity index (χ1v) is 6.09. The van der Waals surface area contributed by atoms with Gasteiger partial charge in [0.05, 0.1) is 24.3 Å². The maximum atomic E-state index is 6.21. The minimum absolute atomic E-state index is 0.516. The molecule has 0 saturated carbocycles. The number of hydrogen-bond acceptors (Lipinski definition) is 2. The van der Waals surface area contributed by atoms with Crippen molar-refractivity contribution in [3.05, 3.63) is 46.4 Å². The minimum atomic E-state index is 0.516. The molecule has 4 heteroatoms. The van der Waals surface area contributed by atoms with Crippen molar-refractivity contribution in [1.82, 2.24) is 0 Å². The molecule has 0 aliphatic rings. The molecule has 0 heterocycles. The third-order valence-electron chi connectivity index (χ3n) is 2.65. The van der Waals surface area contributed by atoms with Crippen molar-refractivity contribution in [2.75, 3.05) is 14.2 Å². The van der Waals surface area contributed by atoms with Crippen LogP contribution in [-0.4, -0.2) is 14.2 Å². The van der Waals surface area contributed by atoms with Gasteiger partial charge >= 0.3 is 0 Å². The van der Waals surface area contributed by atoms with Crippen molar-refractivity contribution in [1.29, 1.82) is 0 Å². The van der Waals surface area contributed by atoms with Gasteiger partial charge in [-0.15, -0.1) is 0 Å². The summed E-state index contributed by atoms with van der Waals surface area (Å²) in [6.07, 6.45) is 0. The molecule has 0 radical (unpaired) electrons. The Kier molecular flexibility index (Phi) is 4.00. The lowest BCUT2D eigenvalue weighted by Gasteiger charge is -2.12. The first-order valence-electron chi connectivity index (χ1n) is 5.33. The van der Waals surface area contributed by atoms with Gasteiger partial charge in [-0.2, -0.15) is 0 Å². The van der Waals surface area contributed by atoms with Crippen LogP contribution in [0.5, 0.6) is 11.5 Å². The number of ether oxygens (including phenoxy) is 2. The molecule has 0 amide bonds. The fourth-order valence-corrected chi connectivity index (χ4v) is 2.14. The largest absolute Gasteiger partial charge is 0.497 e. The zero-order valence-electron chi connectivity index (χ0n) is 10.0. The molecular formula is C14H12Cl2O2. The molecule has 94 valence electrons. The number of hydrogen-bond donors (Lipinski definition) is 0. The van der Waals surface area contributed by atoms with Gasteiger partial charge in [-0.25, -0.2) is 0 Å². The summed E-state index contributed by atoms with van der Waals surface area (Å²) in [7, 11) is 3.22. The van der Waals surface area contributed by atoms with E-state index < -0.39 is 0 Å². The zero-order valence-corrected chi connectivity index (χ0v) is 11.5. The van der Waals surface area contributed by atoms with Crippen molar-refractivity contribution in [3.8, 4) is 22.6 Å². The van der Waals surface area contributed by atoms with Crippen LogP contribution in [0, 0.1) is 0 Å². The van der Waals surface area contributed by atoms with Crippen molar-refractivity contribution >= 4 is 23.2 Å². The standard InChI is InChI=1S/C14H12Cl2O2/c1-17-9-6-7-10(13(8-9)18-2)11-4-3-5-12(15)14(11)16/h3-8H,1-2H3. The second-order valence-corrected chi connectivity index (χ2v) is 4.45. The van der Waals surface area contributed by atoms with Gasteiger partial charge in [0.15, 0.2) is 0 Å². The van der Waals surface area contributed by atoms with Crippen molar-refractivity contribution in [2.45, 2.75) is 0 Å². The molecule has 2 nitrogen and oxygen atoms in total. The molecule has 0 unspecified atom stereocenters. The third kappa shape index (κ3) is 2.40. The monoisotopic (exact) mass is 282 g/mol. The summed E-state index contributed by atoms with van der Waals surface area (Å²) in [5.74, 6) is 1.42. The van der Waals surface area contributed by atoms with Gasteiger partial charge in [-0.3, -0.25) is 0 Å². The fraction of sp³-hybridized carbons (Fsp3) is 0.143. The highest BCUT2D eigenvalue weighted by Gasteiger charge is 2.12. The Balaban J connectivity index is 2.60. The highest BCUT2D eigenvalue weighted by atomic mass is 35.5. The average Bonchev–Trinajstić information content (AvgIpc) is 2.41. The molecule has 2 aromatic carbocycles. The van der Waals surface area contributed by atoms with Crippen LogP contribution in [0.25, 0.3) is 11.1 Å². The number of benzene rings is 2. The smallest absolute Gasteiger partial charge is 0.130 e. The number of halogens is 2. The van der Waals surface area contributed by atoms with Gasteiger partial charge in [-0.1, -0.05) is 35.3 Å². The lowest BCUT2D eigenvalue weighted by Crippen LogP contribution is -1.91. The zero-order chi connectivity index (χ0) is 13.1. The Labute approximate surface area is 116 Å². The van der Waals surface area contributed by atoms with E-state index in [4.69, 9.17) is 32.7 Å². The van der Waals surface area contributed by atoms with E-state index in [1.165, 1.54) is 0 Å². The molecule has 0 saturated heterocycles. The van der Waals surface area contributed by atoms with Gasteiger partial charge in [0, 0.05) is 17.2 Å². The summed E-state index contributed by atoms with van der Waals surface area (Å²) >= 11 is 12.2. The van der Waals surface area contributed by atoms with Gasteiger partial charge in [0.2, 0.25) is 0 Å². The van der Waals surface area contributed by atoms with Crippen LogP contribution in [0.2, 0.25) is 10.0 Å². The van der Waals surface area contributed by atoms with E-state index in [0.717, 1.165) is 16.9 Å². The number of methoxy groups -OCH3 is 2. The molecule has 0 aromatic heterocycles. The molecule has 2 aromatic rings. The van der Waals surface area contributed by atoms with Crippen LogP contribution < -0.4 is 9.47 Å². The molecule has 0 N–H and O–H groups in total. The molecule has 18 heavy (non-hydrogen) atoms. The maximum Gasteiger partial charge on any atom is 0.130 e. The Morgan fingerprint density at radius 3 is 2.33 bits per heavy atom. The first kappa shape index (κ1) is 13.1. The van der Waals surface area contributed by atoms with Crippen LogP contribution in [0.15, 0.2) is 36.4 Å². The summed E-state index contributed by atoms with van der Waals surface area (Å²) in [5.41, 5.74) is 1.72. The van der Waals surface area contributed by atoms with Crippen molar-refractivity contribution in [3.63, 3.8) is 0 Å². The Hall–Kier alpha value is -1.38. The molecule has 0 aliphatic heterocycles. The van der Waals surface area contributed by atoms with Gasteiger partial charge in [0.25, 0.3) is 0 Å². The fourth-order valence-electron chi connectivity index (χ4n) is 1.73. The number of rotatable bonds is 3. The second-order valence-electron chi connectivity index (χ2n) is 3.67. The average molecular weight is 283 g/mol. The Morgan fingerprint density at radius 1 is 0.889 bits per heavy atom. The van der Waals surface area contributed by atoms with E-state index in [1.54, 1.807) is 20.3 Å². The van der Waals surface area contributed by atoms with E-state index in [2.05, 4.69) is 0 Å². The highest BCUT2D eigenvalue weighted by molar-refractivity contribution is 6.43. The summed E-state index contributed by atoms with van der Waals surface area (Å²) in [6, 6.07) is 11.1. The van der Waals surface area contributed by atoms with Crippen LogP contribution in [-0.2, 0) is 0 Å². The maximum absolute atomic E-state index is 6.21. The summed E-state index contributed by atoms with van der Waals surface area (Å²) in [5, 5.41) is 1.04. The summed E-state index contributed by atoms with van der Waals surface area (Å²) in [6.45, 7) is 0. The first-order chi connectivity index (χ1) is 8.67. The molecular weight excluding hydrogens is 271 g/mol. The van der Waals surface area contributed by atoms with Gasteiger partial charge < -0.3 is 9.47 Å². The van der Waals surface area contributed by atoms with E-state index in [9.17, 15) is 0 Å². The SMILES string of the molecule is COc1ccc(-c2cccc(Cl)c2Cl)c(OC)c1. The molecule has 0 aliphatic carbocycles. The lowest BCUT2D eigenvalue weighted by molar-refractivity contribution is 0.395. The normalized spacial score (nSPS) is 10.2.